The quantitative estimate of drug-likeness (QED) is 0.549. The van der Waals surface area contributed by atoms with Crippen LogP contribution in [-0.4, -0.2) is 39.1 Å². The van der Waals surface area contributed by atoms with Gasteiger partial charge in [-0.15, -0.1) is 0 Å². The van der Waals surface area contributed by atoms with Gasteiger partial charge in [-0.25, -0.2) is 0 Å². The van der Waals surface area contributed by atoms with Gasteiger partial charge in [-0.05, 0) is 90.6 Å². The molecule has 1 aliphatic carbocycles. The van der Waals surface area contributed by atoms with Crippen molar-refractivity contribution in [2.75, 3.05) is 13.1 Å². The summed E-state index contributed by atoms with van der Waals surface area (Å²) in [5, 5.41) is 20.5. The topological polar surface area (TPSA) is 73.7 Å². The Labute approximate surface area is 201 Å². The molecule has 2 fully saturated rings. The first kappa shape index (κ1) is 22.8. The molecule has 1 aliphatic heterocycles. The highest BCUT2D eigenvalue weighted by atomic mass is 16.3. The molecule has 1 unspecified atom stereocenters. The first-order valence-electron chi connectivity index (χ1n) is 12.2. The molecule has 5 heteroatoms. The maximum absolute atomic E-state index is 13.1. The van der Waals surface area contributed by atoms with Crippen LogP contribution in [0.5, 0.6) is 0 Å². The van der Waals surface area contributed by atoms with E-state index in [1.54, 1.807) is 32.2 Å². The summed E-state index contributed by atoms with van der Waals surface area (Å²) in [6, 6.07) is 18.4. The normalized spacial score (nSPS) is 18.4. The summed E-state index contributed by atoms with van der Waals surface area (Å²) in [7, 11) is 0. The van der Waals surface area contributed by atoms with Gasteiger partial charge >= 0.3 is 0 Å². The van der Waals surface area contributed by atoms with Gasteiger partial charge < -0.3 is 15.1 Å². The van der Waals surface area contributed by atoms with Crippen LogP contribution in [0.1, 0.15) is 77.7 Å². The number of hydrogen-bond donors (Lipinski definition) is 2. The molecular formula is C29H32N2O3. The highest BCUT2D eigenvalue weighted by Crippen LogP contribution is 2.44. The Bertz CT molecular complexity index is 1210. The largest absolute Gasteiger partial charge is 0.392 e. The predicted molar refractivity (Wildman–Crippen MR) is 133 cm³/mol. The fourth-order valence-corrected chi connectivity index (χ4v) is 5.11. The predicted octanol–water partition coefficient (Wildman–Crippen LogP) is 4.98. The molecule has 176 valence electrons. The summed E-state index contributed by atoms with van der Waals surface area (Å²) in [6.45, 7) is 4.62. The van der Waals surface area contributed by atoms with Crippen LogP contribution in [0.2, 0.25) is 0 Å². The summed E-state index contributed by atoms with van der Waals surface area (Å²) in [5.74, 6) is 0.719. The zero-order valence-electron chi connectivity index (χ0n) is 19.9. The van der Waals surface area contributed by atoms with Crippen LogP contribution in [0, 0.1) is 0 Å². The van der Waals surface area contributed by atoms with E-state index in [2.05, 4.69) is 47.4 Å². The van der Waals surface area contributed by atoms with Gasteiger partial charge in [-0.1, -0.05) is 36.4 Å². The van der Waals surface area contributed by atoms with Gasteiger partial charge in [0.2, 0.25) is 0 Å². The van der Waals surface area contributed by atoms with Crippen LogP contribution in [0.4, 0.5) is 0 Å². The smallest absolute Gasteiger partial charge is 0.272 e. The van der Waals surface area contributed by atoms with Crippen molar-refractivity contribution >= 4 is 5.91 Å². The number of aliphatic hydroxyl groups excluding tert-OH is 1. The van der Waals surface area contributed by atoms with Crippen LogP contribution < -0.4 is 0 Å². The van der Waals surface area contributed by atoms with Crippen LogP contribution in [0.25, 0.3) is 11.1 Å². The van der Waals surface area contributed by atoms with E-state index in [0.717, 1.165) is 23.1 Å². The summed E-state index contributed by atoms with van der Waals surface area (Å²) in [4.78, 5) is 19.2. The highest BCUT2D eigenvalue weighted by Gasteiger charge is 2.31. The van der Waals surface area contributed by atoms with E-state index in [-0.39, 0.29) is 18.4 Å². The standard InChI is InChI=1S/C29H32N2O3/c1-29(2,34)23-11-13-30-27(16-23)28(33)31-14-12-21(17-31)24-10-9-20(15-22(24)18-32)26-6-4-3-5-25(26)19-7-8-19/h3-6,9-11,13,15-16,19,21,32,34H,7-8,12,14,17-18H2,1-2H3. The molecular weight excluding hydrogens is 424 g/mol. The number of carbonyl (C=O) groups excluding carboxylic acids is 1. The number of carbonyl (C=O) groups is 1. The monoisotopic (exact) mass is 456 g/mol. The van der Waals surface area contributed by atoms with E-state index in [1.807, 2.05) is 4.90 Å². The number of hydrogen-bond acceptors (Lipinski definition) is 4. The third-order valence-corrected chi connectivity index (χ3v) is 7.20. The summed E-state index contributed by atoms with van der Waals surface area (Å²) in [6.07, 6.45) is 4.93. The fraction of sp³-hybridized carbons (Fsp3) is 0.379. The molecule has 2 aromatic carbocycles. The molecule has 1 saturated carbocycles. The fourth-order valence-electron chi connectivity index (χ4n) is 5.11. The molecule has 0 bridgehead atoms. The molecule has 2 N–H and O–H groups in total. The zero-order chi connectivity index (χ0) is 23.9. The zero-order valence-corrected chi connectivity index (χ0v) is 19.9. The molecule has 1 aromatic heterocycles. The Morgan fingerprint density at radius 2 is 1.82 bits per heavy atom. The number of benzene rings is 2. The minimum atomic E-state index is -1.03. The van der Waals surface area contributed by atoms with Crippen molar-refractivity contribution in [1.82, 2.24) is 9.88 Å². The average molecular weight is 457 g/mol. The molecule has 3 aromatic rings. The highest BCUT2D eigenvalue weighted by molar-refractivity contribution is 5.92. The minimum absolute atomic E-state index is 0.0194. The maximum atomic E-state index is 13.1. The second-order valence-electron chi connectivity index (χ2n) is 10.2. The van der Waals surface area contributed by atoms with Crippen LogP contribution in [0.15, 0.2) is 60.8 Å². The van der Waals surface area contributed by atoms with Gasteiger partial charge in [-0.3, -0.25) is 9.78 Å². The molecule has 2 aliphatic rings. The van der Waals surface area contributed by atoms with E-state index >= 15 is 0 Å². The Kier molecular flexibility index (Phi) is 6.00. The average Bonchev–Trinajstić information content (AvgIpc) is 3.59. The molecule has 1 saturated heterocycles. The van der Waals surface area contributed by atoms with Crippen molar-refractivity contribution < 1.29 is 15.0 Å². The first-order chi connectivity index (χ1) is 16.3. The van der Waals surface area contributed by atoms with Crippen LogP contribution in [-0.2, 0) is 12.2 Å². The molecule has 1 amide bonds. The molecule has 5 nitrogen and oxygen atoms in total. The summed E-state index contributed by atoms with van der Waals surface area (Å²) < 4.78 is 0. The van der Waals surface area contributed by atoms with Gasteiger partial charge in [0.15, 0.2) is 0 Å². The van der Waals surface area contributed by atoms with Gasteiger partial charge in [0.25, 0.3) is 5.91 Å². The van der Waals surface area contributed by atoms with E-state index in [9.17, 15) is 15.0 Å². The van der Waals surface area contributed by atoms with Crippen molar-refractivity contribution in [2.24, 2.45) is 0 Å². The molecule has 5 rings (SSSR count). The van der Waals surface area contributed by atoms with Crippen molar-refractivity contribution in [3.63, 3.8) is 0 Å². The Morgan fingerprint density at radius 1 is 1.03 bits per heavy atom. The number of amides is 1. The van der Waals surface area contributed by atoms with Gasteiger partial charge in [0.1, 0.15) is 5.69 Å². The Hall–Kier alpha value is -3.02. The molecule has 1 atom stereocenters. The lowest BCUT2D eigenvalue weighted by molar-refractivity contribution is 0.0763. The number of aliphatic hydroxyl groups is 2. The van der Waals surface area contributed by atoms with E-state index in [4.69, 9.17) is 0 Å². The molecule has 34 heavy (non-hydrogen) atoms. The summed E-state index contributed by atoms with van der Waals surface area (Å²) >= 11 is 0. The van der Waals surface area contributed by atoms with E-state index < -0.39 is 5.60 Å². The minimum Gasteiger partial charge on any atom is -0.392 e. The third kappa shape index (κ3) is 4.50. The lowest BCUT2D eigenvalue weighted by Gasteiger charge is -2.21. The van der Waals surface area contributed by atoms with Crippen LogP contribution >= 0.6 is 0 Å². The van der Waals surface area contributed by atoms with Gasteiger partial charge in [-0.2, -0.15) is 0 Å². The van der Waals surface area contributed by atoms with Crippen molar-refractivity contribution in [3.05, 3.63) is 88.7 Å². The molecule has 0 radical (unpaired) electrons. The lowest BCUT2D eigenvalue weighted by Crippen LogP contribution is -2.30. The number of nitrogens with zero attached hydrogens (tertiary/aromatic N) is 2. The van der Waals surface area contributed by atoms with Crippen molar-refractivity contribution in [2.45, 2.75) is 57.2 Å². The van der Waals surface area contributed by atoms with Crippen molar-refractivity contribution in [3.8, 4) is 11.1 Å². The first-order valence-corrected chi connectivity index (χ1v) is 12.2. The van der Waals surface area contributed by atoms with Gasteiger partial charge in [0.05, 0.1) is 12.2 Å². The SMILES string of the molecule is CC(C)(O)c1ccnc(C(=O)N2CCC(c3ccc(-c4ccccc4C4CC4)cc3CO)C2)c1. The second kappa shape index (κ2) is 8.97. The third-order valence-electron chi connectivity index (χ3n) is 7.20. The number of likely N-dealkylation sites (tertiary alicyclic amines) is 1. The lowest BCUT2D eigenvalue weighted by atomic mass is 9.89. The molecule has 0 spiro atoms. The number of pyridine rings is 1. The van der Waals surface area contributed by atoms with Crippen molar-refractivity contribution in [1.29, 1.82) is 0 Å². The van der Waals surface area contributed by atoms with E-state index in [0.29, 0.717) is 30.3 Å². The maximum Gasteiger partial charge on any atom is 0.272 e. The van der Waals surface area contributed by atoms with E-state index in [1.165, 1.54) is 24.0 Å². The van der Waals surface area contributed by atoms with Gasteiger partial charge in [0, 0.05) is 25.2 Å². The summed E-state index contributed by atoms with van der Waals surface area (Å²) in [5.41, 5.74) is 5.86. The van der Waals surface area contributed by atoms with Crippen LogP contribution in [0.3, 0.4) is 0 Å². The Balaban J connectivity index is 1.36. The number of rotatable bonds is 6. The second-order valence-corrected chi connectivity index (χ2v) is 10.2. The number of aromatic nitrogens is 1. The molecule has 2 heterocycles. The Morgan fingerprint density at radius 3 is 2.56 bits per heavy atom.